The molecule has 0 unspecified atom stereocenters. The SMILES string of the molecule is O=C(O)C(F)(F)F.O=S(=O)(c1c(F)cccc1F)n1ccc2c(CN3CCC3)cccc21. The predicted octanol–water partition coefficient (Wildman–Crippen LogP) is 4.00. The van der Waals surface area contributed by atoms with E-state index < -0.39 is 38.7 Å². The van der Waals surface area contributed by atoms with E-state index in [0.717, 1.165) is 59.2 Å². The van der Waals surface area contributed by atoms with Crippen LogP contribution in [0.4, 0.5) is 22.0 Å². The van der Waals surface area contributed by atoms with E-state index in [4.69, 9.17) is 9.90 Å². The van der Waals surface area contributed by atoms with E-state index in [1.165, 1.54) is 6.20 Å². The van der Waals surface area contributed by atoms with Crippen LogP contribution in [-0.4, -0.2) is 47.6 Å². The number of fused-ring (bicyclic) bond motifs is 1. The molecule has 1 fully saturated rings. The second-order valence-electron chi connectivity index (χ2n) is 6.95. The molecule has 0 saturated carbocycles. The Hall–Kier alpha value is -2.99. The van der Waals surface area contributed by atoms with Crippen molar-refractivity contribution in [2.24, 2.45) is 0 Å². The van der Waals surface area contributed by atoms with Crippen molar-refractivity contribution < 1.29 is 40.3 Å². The molecular weight excluding hydrogens is 459 g/mol. The number of carboxylic acids is 1. The molecule has 0 bridgehead atoms. The van der Waals surface area contributed by atoms with Crippen molar-refractivity contribution in [1.29, 1.82) is 0 Å². The minimum Gasteiger partial charge on any atom is -0.475 e. The van der Waals surface area contributed by atoms with Gasteiger partial charge in [0.1, 0.15) is 11.6 Å². The fraction of sp³-hybridized carbons (Fsp3) is 0.250. The summed E-state index contributed by atoms with van der Waals surface area (Å²) in [5.74, 6) is -4.95. The van der Waals surface area contributed by atoms with Crippen molar-refractivity contribution >= 4 is 26.9 Å². The molecule has 0 amide bonds. The van der Waals surface area contributed by atoms with Gasteiger partial charge in [-0.2, -0.15) is 13.2 Å². The first-order valence-electron chi connectivity index (χ1n) is 9.24. The number of carboxylic acid groups (broad SMARTS) is 1. The third-order valence-electron chi connectivity index (χ3n) is 4.81. The van der Waals surface area contributed by atoms with Crippen molar-refractivity contribution in [3.05, 3.63) is 65.9 Å². The molecule has 1 N–H and O–H groups in total. The Bertz CT molecular complexity index is 1230. The summed E-state index contributed by atoms with van der Waals surface area (Å²) in [6, 6.07) is 10.1. The number of benzene rings is 2. The third-order valence-corrected chi connectivity index (χ3v) is 6.55. The number of aliphatic carboxylic acids is 1. The zero-order valence-electron chi connectivity index (χ0n) is 16.3. The zero-order chi connectivity index (χ0) is 23.7. The summed E-state index contributed by atoms with van der Waals surface area (Å²) in [6.45, 7) is 2.78. The van der Waals surface area contributed by atoms with E-state index >= 15 is 0 Å². The standard InChI is InChI=1S/C18H16F2N2O2S.C2HF3O2/c19-15-5-2-6-16(20)18(15)25(23,24)22-11-8-14-13(4-1-7-17(14)22)12-21-9-3-10-21;3-2(4,5)1(6)7/h1-2,4-8,11H,3,9-10,12H2;(H,6,7). The number of likely N-dealkylation sites (tertiary alicyclic amines) is 1. The van der Waals surface area contributed by atoms with Crippen LogP contribution in [0, 0.1) is 11.6 Å². The molecule has 172 valence electrons. The number of halogens is 5. The number of rotatable bonds is 4. The van der Waals surface area contributed by atoms with Gasteiger partial charge in [0.15, 0.2) is 4.90 Å². The smallest absolute Gasteiger partial charge is 0.475 e. The van der Waals surface area contributed by atoms with Gasteiger partial charge in [-0.3, -0.25) is 4.90 Å². The quantitative estimate of drug-likeness (QED) is 0.576. The predicted molar refractivity (Wildman–Crippen MR) is 104 cm³/mol. The maximum absolute atomic E-state index is 14.0. The first-order valence-corrected chi connectivity index (χ1v) is 10.7. The van der Waals surface area contributed by atoms with E-state index in [0.29, 0.717) is 5.52 Å². The number of nitrogens with zero attached hydrogens (tertiary/aromatic N) is 2. The van der Waals surface area contributed by atoms with Gasteiger partial charge in [0.2, 0.25) is 0 Å². The first kappa shape index (κ1) is 23.7. The van der Waals surface area contributed by atoms with Gasteiger partial charge in [-0.25, -0.2) is 26.0 Å². The van der Waals surface area contributed by atoms with Gasteiger partial charge in [-0.1, -0.05) is 18.2 Å². The Morgan fingerprint density at radius 2 is 1.56 bits per heavy atom. The molecule has 32 heavy (non-hydrogen) atoms. The summed E-state index contributed by atoms with van der Waals surface area (Å²) in [5, 5.41) is 7.90. The molecule has 3 aromatic rings. The molecule has 4 rings (SSSR count). The Labute approximate surface area is 179 Å². The molecule has 2 heterocycles. The fourth-order valence-electron chi connectivity index (χ4n) is 3.16. The van der Waals surface area contributed by atoms with Crippen LogP contribution in [-0.2, 0) is 21.4 Å². The molecule has 0 atom stereocenters. The average Bonchev–Trinajstić information content (AvgIpc) is 3.10. The lowest BCUT2D eigenvalue weighted by atomic mass is 10.1. The summed E-state index contributed by atoms with van der Waals surface area (Å²) in [4.78, 5) is 10.2. The largest absolute Gasteiger partial charge is 0.490 e. The van der Waals surface area contributed by atoms with Crippen molar-refractivity contribution in [3.8, 4) is 0 Å². The summed E-state index contributed by atoms with van der Waals surface area (Å²) in [7, 11) is -4.37. The van der Waals surface area contributed by atoms with Gasteiger partial charge >= 0.3 is 12.1 Å². The van der Waals surface area contributed by atoms with Gasteiger partial charge in [-0.05, 0) is 49.3 Å². The van der Waals surface area contributed by atoms with Gasteiger partial charge in [0.25, 0.3) is 10.0 Å². The number of carbonyl (C=O) groups is 1. The molecule has 1 aliphatic rings. The lowest BCUT2D eigenvalue weighted by Gasteiger charge is -2.30. The van der Waals surface area contributed by atoms with Crippen molar-refractivity contribution in [1.82, 2.24) is 8.87 Å². The average molecular weight is 476 g/mol. The highest BCUT2D eigenvalue weighted by atomic mass is 32.2. The molecule has 0 aliphatic carbocycles. The second kappa shape index (κ2) is 8.87. The van der Waals surface area contributed by atoms with Crippen molar-refractivity contribution in [2.75, 3.05) is 13.1 Å². The molecule has 1 saturated heterocycles. The lowest BCUT2D eigenvalue weighted by molar-refractivity contribution is -0.192. The fourth-order valence-corrected chi connectivity index (χ4v) is 4.63. The number of aromatic nitrogens is 1. The summed E-state index contributed by atoms with van der Waals surface area (Å²) < 4.78 is 86.3. The monoisotopic (exact) mass is 476 g/mol. The van der Waals surface area contributed by atoms with E-state index in [-0.39, 0.29) is 0 Å². The Kier molecular flexibility index (Phi) is 6.56. The Morgan fingerprint density at radius 3 is 2.06 bits per heavy atom. The number of hydrogen-bond donors (Lipinski definition) is 1. The zero-order valence-corrected chi connectivity index (χ0v) is 17.1. The topological polar surface area (TPSA) is 79.6 Å². The van der Waals surface area contributed by atoms with E-state index in [9.17, 15) is 30.4 Å². The van der Waals surface area contributed by atoms with Crippen LogP contribution in [0.5, 0.6) is 0 Å². The Balaban J connectivity index is 0.000000360. The van der Waals surface area contributed by atoms with Crippen LogP contribution in [0.25, 0.3) is 10.9 Å². The van der Waals surface area contributed by atoms with Crippen molar-refractivity contribution in [3.63, 3.8) is 0 Å². The third kappa shape index (κ3) is 4.75. The van der Waals surface area contributed by atoms with Crippen LogP contribution >= 0.6 is 0 Å². The minimum atomic E-state index is -5.08. The molecule has 0 spiro atoms. The van der Waals surface area contributed by atoms with Gasteiger partial charge in [-0.15, -0.1) is 0 Å². The molecule has 2 aromatic carbocycles. The highest BCUT2D eigenvalue weighted by Gasteiger charge is 2.38. The van der Waals surface area contributed by atoms with E-state index in [2.05, 4.69) is 4.90 Å². The van der Waals surface area contributed by atoms with Crippen LogP contribution in [0.3, 0.4) is 0 Å². The maximum atomic E-state index is 14.0. The highest BCUT2D eigenvalue weighted by Crippen LogP contribution is 2.28. The van der Waals surface area contributed by atoms with Gasteiger partial charge < -0.3 is 5.11 Å². The summed E-state index contributed by atoms with van der Waals surface area (Å²) >= 11 is 0. The molecule has 6 nitrogen and oxygen atoms in total. The Morgan fingerprint density at radius 1 is 1.00 bits per heavy atom. The van der Waals surface area contributed by atoms with Gasteiger partial charge in [0, 0.05) is 18.1 Å². The van der Waals surface area contributed by atoms with E-state index in [1.807, 2.05) is 6.07 Å². The van der Waals surface area contributed by atoms with Crippen LogP contribution in [0.1, 0.15) is 12.0 Å². The molecule has 1 aliphatic heterocycles. The molecular formula is C20H17F5N2O4S. The molecule has 1 aromatic heterocycles. The minimum absolute atomic E-state index is 0.417. The van der Waals surface area contributed by atoms with Crippen LogP contribution in [0.2, 0.25) is 0 Å². The lowest BCUT2D eigenvalue weighted by Crippen LogP contribution is -2.36. The second-order valence-corrected chi connectivity index (χ2v) is 8.70. The highest BCUT2D eigenvalue weighted by molar-refractivity contribution is 7.90. The maximum Gasteiger partial charge on any atom is 0.490 e. The van der Waals surface area contributed by atoms with Gasteiger partial charge in [0.05, 0.1) is 5.52 Å². The molecule has 12 heteroatoms. The van der Waals surface area contributed by atoms with Crippen molar-refractivity contribution in [2.45, 2.75) is 24.0 Å². The normalized spacial score (nSPS) is 14.5. The van der Waals surface area contributed by atoms with Crippen LogP contribution in [0.15, 0.2) is 53.6 Å². The summed E-state index contributed by atoms with van der Waals surface area (Å²) in [6.07, 6.45) is -2.57. The van der Waals surface area contributed by atoms with Crippen LogP contribution < -0.4 is 0 Å². The van der Waals surface area contributed by atoms with E-state index in [1.54, 1.807) is 18.2 Å². The molecule has 0 radical (unpaired) electrons. The first-order chi connectivity index (χ1) is 14.9. The number of alkyl halides is 3. The summed E-state index contributed by atoms with van der Waals surface area (Å²) in [5.41, 5.74) is 1.42. The number of hydrogen-bond acceptors (Lipinski definition) is 4.